The fourth-order valence-corrected chi connectivity index (χ4v) is 6.41. The first kappa shape index (κ1) is 33.8. The summed E-state index contributed by atoms with van der Waals surface area (Å²) in [7, 11) is -4.18. The van der Waals surface area contributed by atoms with Crippen LogP contribution >= 0.6 is 0 Å². The zero-order valence-corrected chi connectivity index (χ0v) is 28.8. The first-order chi connectivity index (χ1) is 22.2. The number of fused-ring (bicyclic) bond motifs is 4. The number of carbonyl (C=O) groups excluding carboxylic acids is 1. The first-order valence-corrected chi connectivity index (χ1v) is 17.2. The minimum atomic E-state index is -4.18. The van der Waals surface area contributed by atoms with Gasteiger partial charge in [0.1, 0.15) is 12.4 Å². The van der Waals surface area contributed by atoms with Gasteiger partial charge in [-0.25, -0.2) is 28.1 Å². The molecule has 1 N–H and O–H groups in total. The summed E-state index contributed by atoms with van der Waals surface area (Å²) in [5, 5.41) is 0. The molecule has 1 amide bonds. The molecule has 0 aliphatic carbocycles. The van der Waals surface area contributed by atoms with Gasteiger partial charge in [-0.05, 0) is 75.3 Å². The molecule has 0 fully saturated rings. The summed E-state index contributed by atoms with van der Waals surface area (Å²) in [6, 6.07) is 13.1. The van der Waals surface area contributed by atoms with Crippen LogP contribution in [-0.2, 0) is 16.6 Å². The summed E-state index contributed by atoms with van der Waals surface area (Å²) in [6.07, 6.45) is 4.52. The van der Waals surface area contributed by atoms with Gasteiger partial charge >= 0.3 is 0 Å². The quantitative estimate of drug-likeness (QED) is 0.240. The topological polar surface area (TPSA) is 136 Å². The molecular weight excluding hydrogens is 616 g/mol. The number of sulfonamides is 1. The highest BCUT2D eigenvalue weighted by Gasteiger charge is 2.30. The van der Waals surface area contributed by atoms with Crippen molar-refractivity contribution in [1.82, 2.24) is 24.8 Å². The Labute approximate surface area is 276 Å². The van der Waals surface area contributed by atoms with E-state index in [0.29, 0.717) is 23.7 Å². The van der Waals surface area contributed by atoms with Gasteiger partial charge in [0.2, 0.25) is 11.8 Å². The van der Waals surface area contributed by atoms with Gasteiger partial charge in [0.05, 0.1) is 41.7 Å². The number of hydrogen-bond donors (Lipinski definition) is 1. The van der Waals surface area contributed by atoms with Gasteiger partial charge in [0.25, 0.3) is 15.9 Å². The van der Waals surface area contributed by atoms with Crippen molar-refractivity contribution in [2.24, 2.45) is 5.41 Å². The molecule has 11 nitrogen and oxygen atoms in total. The standard InChI is InChI=1S/C35H42N6O5S/c1-22(2)46-27-18-36-30(37-19-27)20-41-26(14-15-35(5,6)7)21-45-31-17-29(32-23(3)10-8-11-24(32)4)38-34(39-31)40-47(43,44)28-13-9-12-25(16-28)33(41)42/h8-13,16-19,22,26H,14-15,20-21H2,1-7H3,(H,38,39,40)/t26-/m1/s1. The molecule has 3 heterocycles. The average molecular weight is 659 g/mol. The van der Waals surface area contributed by atoms with Crippen molar-refractivity contribution in [3.05, 3.63) is 83.4 Å². The second-order valence-corrected chi connectivity index (χ2v) is 15.0. The number of anilines is 1. The number of rotatable bonds is 7. The number of nitrogens with zero attached hydrogens (tertiary/aromatic N) is 5. The predicted molar refractivity (Wildman–Crippen MR) is 180 cm³/mol. The molecule has 1 atom stereocenters. The average Bonchev–Trinajstić information content (AvgIpc) is 2.99. The minimum Gasteiger partial charge on any atom is -0.488 e. The van der Waals surface area contributed by atoms with Crippen molar-refractivity contribution >= 4 is 21.9 Å². The Morgan fingerprint density at radius 3 is 2.36 bits per heavy atom. The molecule has 2 aromatic heterocycles. The van der Waals surface area contributed by atoms with Crippen LogP contribution < -0.4 is 14.2 Å². The third-order valence-electron chi connectivity index (χ3n) is 7.77. The maximum atomic E-state index is 14.3. The van der Waals surface area contributed by atoms with Crippen LogP contribution in [0.25, 0.3) is 11.3 Å². The Morgan fingerprint density at radius 2 is 1.70 bits per heavy atom. The molecule has 0 radical (unpaired) electrons. The van der Waals surface area contributed by atoms with Crippen molar-refractivity contribution < 1.29 is 22.7 Å². The van der Waals surface area contributed by atoms with Crippen molar-refractivity contribution in [2.75, 3.05) is 11.3 Å². The second-order valence-electron chi connectivity index (χ2n) is 13.3. The van der Waals surface area contributed by atoms with Crippen molar-refractivity contribution in [1.29, 1.82) is 0 Å². The zero-order valence-electron chi connectivity index (χ0n) is 27.9. The number of nitrogens with one attached hydrogen (secondary N) is 1. The van der Waals surface area contributed by atoms with Crippen molar-refractivity contribution in [3.8, 4) is 22.9 Å². The van der Waals surface area contributed by atoms with Gasteiger partial charge in [-0.1, -0.05) is 45.0 Å². The van der Waals surface area contributed by atoms with Crippen LogP contribution in [0.2, 0.25) is 0 Å². The Bertz CT molecular complexity index is 1840. The second kappa shape index (κ2) is 13.6. The molecule has 4 aromatic rings. The molecule has 5 rings (SSSR count). The summed E-state index contributed by atoms with van der Waals surface area (Å²) in [4.78, 5) is 33.9. The fourth-order valence-electron chi connectivity index (χ4n) is 5.42. The van der Waals surface area contributed by atoms with Gasteiger partial charge in [0, 0.05) is 17.2 Å². The molecule has 1 aliphatic rings. The molecule has 4 bridgehead atoms. The van der Waals surface area contributed by atoms with E-state index in [-0.39, 0.29) is 52.9 Å². The van der Waals surface area contributed by atoms with E-state index < -0.39 is 16.1 Å². The third-order valence-corrected chi connectivity index (χ3v) is 9.10. The maximum absolute atomic E-state index is 14.3. The summed E-state index contributed by atoms with van der Waals surface area (Å²) in [5.74, 6) is 0.616. The Balaban J connectivity index is 1.63. The highest BCUT2D eigenvalue weighted by molar-refractivity contribution is 7.92. The van der Waals surface area contributed by atoms with Crippen LogP contribution in [-0.4, -0.2) is 57.9 Å². The van der Waals surface area contributed by atoms with Gasteiger partial charge in [-0.2, -0.15) is 4.98 Å². The lowest BCUT2D eigenvalue weighted by Crippen LogP contribution is -2.44. The molecule has 248 valence electrons. The van der Waals surface area contributed by atoms with Gasteiger partial charge in [-0.15, -0.1) is 0 Å². The van der Waals surface area contributed by atoms with Crippen LogP contribution in [0.4, 0.5) is 5.95 Å². The van der Waals surface area contributed by atoms with E-state index in [1.165, 1.54) is 12.1 Å². The molecule has 0 saturated heterocycles. The van der Waals surface area contributed by atoms with Gasteiger partial charge in [-0.3, -0.25) is 4.79 Å². The van der Waals surface area contributed by atoms with E-state index in [0.717, 1.165) is 23.1 Å². The van der Waals surface area contributed by atoms with E-state index in [4.69, 9.17) is 9.47 Å². The minimum absolute atomic E-state index is 0.0300. The number of carbonyl (C=O) groups is 1. The van der Waals surface area contributed by atoms with Crippen LogP contribution in [0.1, 0.15) is 74.8 Å². The van der Waals surface area contributed by atoms with Crippen LogP contribution in [0.3, 0.4) is 0 Å². The van der Waals surface area contributed by atoms with Crippen LogP contribution in [0, 0.1) is 19.3 Å². The number of aryl methyl sites for hydroxylation is 2. The lowest BCUT2D eigenvalue weighted by molar-refractivity contribution is 0.0545. The number of benzene rings is 2. The van der Waals surface area contributed by atoms with Crippen LogP contribution in [0.15, 0.2) is 65.8 Å². The van der Waals surface area contributed by atoms with Gasteiger partial charge in [0.15, 0.2) is 5.75 Å². The molecule has 0 unspecified atom stereocenters. The van der Waals surface area contributed by atoms with Crippen molar-refractivity contribution in [3.63, 3.8) is 0 Å². The van der Waals surface area contributed by atoms with E-state index in [1.54, 1.807) is 35.5 Å². The fraction of sp³-hybridized carbons (Fsp3) is 0.400. The monoisotopic (exact) mass is 658 g/mol. The lowest BCUT2D eigenvalue weighted by Gasteiger charge is -2.33. The molecular formula is C35H42N6O5S. The normalized spacial score (nSPS) is 16.4. The highest BCUT2D eigenvalue weighted by Crippen LogP contribution is 2.31. The highest BCUT2D eigenvalue weighted by atomic mass is 32.2. The lowest BCUT2D eigenvalue weighted by atomic mass is 9.88. The molecule has 2 aromatic carbocycles. The van der Waals surface area contributed by atoms with Crippen molar-refractivity contribution in [2.45, 2.75) is 84.9 Å². The summed E-state index contributed by atoms with van der Waals surface area (Å²) < 4.78 is 41.8. The first-order valence-electron chi connectivity index (χ1n) is 15.7. The number of hydrogen-bond acceptors (Lipinski definition) is 9. The molecule has 0 spiro atoms. The molecule has 47 heavy (non-hydrogen) atoms. The number of ether oxygens (including phenoxy) is 2. The van der Waals surface area contributed by atoms with E-state index in [9.17, 15) is 13.2 Å². The Morgan fingerprint density at radius 1 is 1.02 bits per heavy atom. The summed E-state index contributed by atoms with van der Waals surface area (Å²) in [5.41, 5.74) is 3.49. The molecule has 0 saturated carbocycles. The number of amides is 1. The third kappa shape index (κ3) is 8.42. The molecule has 1 aliphatic heterocycles. The predicted octanol–water partition coefficient (Wildman–Crippen LogP) is 6.37. The summed E-state index contributed by atoms with van der Waals surface area (Å²) >= 11 is 0. The molecule has 12 heteroatoms. The van der Waals surface area contributed by atoms with Crippen LogP contribution in [0.5, 0.6) is 11.6 Å². The largest absolute Gasteiger partial charge is 0.488 e. The smallest absolute Gasteiger partial charge is 0.264 e. The maximum Gasteiger partial charge on any atom is 0.264 e. The summed E-state index contributed by atoms with van der Waals surface area (Å²) in [6.45, 7) is 14.4. The number of aromatic nitrogens is 4. The zero-order chi connectivity index (χ0) is 33.9. The van der Waals surface area contributed by atoms with E-state index in [2.05, 4.69) is 45.4 Å². The SMILES string of the molecule is Cc1cccc(C)c1-c1cc2nc(n1)NS(=O)(=O)c1cccc(c1)C(=O)N(Cc1ncc(OC(C)C)cn1)[C@H](CCC(C)(C)C)CO2. The van der Waals surface area contributed by atoms with Gasteiger partial charge < -0.3 is 14.4 Å². The Hall–Kier alpha value is -4.58. The Kier molecular flexibility index (Phi) is 9.81. The van der Waals surface area contributed by atoms with E-state index in [1.807, 2.05) is 45.9 Å². The van der Waals surface area contributed by atoms with E-state index >= 15 is 0 Å².